The van der Waals surface area contributed by atoms with E-state index in [9.17, 15) is 5.26 Å². The number of imidazole rings is 1. The van der Waals surface area contributed by atoms with Crippen LogP contribution in [0, 0.1) is 11.3 Å². The Morgan fingerprint density at radius 3 is 2.85 bits per heavy atom. The average molecular weight is 269 g/mol. The van der Waals surface area contributed by atoms with Crippen LogP contribution in [-0.2, 0) is 20.1 Å². The van der Waals surface area contributed by atoms with Gasteiger partial charge in [-0.05, 0) is 24.7 Å². The molecular weight excluding hydrogens is 250 g/mol. The molecule has 0 fully saturated rings. The molecule has 0 saturated carbocycles. The zero-order valence-corrected chi connectivity index (χ0v) is 12.1. The standard InChI is InChI=1S/C15H19N5/c1-17-10-12-4-5-14(13(8-12)9-16)20(3)11-15-18-6-7-19(15)2/h4-8,17H,10-11H2,1-3H3. The van der Waals surface area contributed by atoms with E-state index in [4.69, 9.17) is 0 Å². The molecule has 0 aliphatic rings. The highest BCUT2D eigenvalue weighted by atomic mass is 15.2. The second-order valence-corrected chi connectivity index (χ2v) is 4.80. The maximum atomic E-state index is 9.32. The number of hydrogen-bond acceptors (Lipinski definition) is 4. The highest BCUT2D eigenvalue weighted by Gasteiger charge is 2.10. The van der Waals surface area contributed by atoms with Crippen molar-refractivity contribution in [1.82, 2.24) is 14.9 Å². The molecule has 1 N–H and O–H groups in total. The van der Waals surface area contributed by atoms with E-state index in [2.05, 4.69) is 16.4 Å². The summed E-state index contributed by atoms with van der Waals surface area (Å²) in [5, 5.41) is 12.4. The molecule has 20 heavy (non-hydrogen) atoms. The van der Waals surface area contributed by atoms with Crippen molar-refractivity contribution in [1.29, 1.82) is 5.26 Å². The van der Waals surface area contributed by atoms with E-state index in [-0.39, 0.29) is 0 Å². The monoisotopic (exact) mass is 269 g/mol. The second-order valence-electron chi connectivity index (χ2n) is 4.80. The molecule has 0 aliphatic heterocycles. The molecule has 0 spiro atoms. The van der Waals surface area contributed by atoms with Gasteiger partial charge in [0.05, 0.1) is 17.8 Å². The molecule has 1 aromatic heterocycles. The van der Waals surface area contributed by atoms with Gasteiger partial charge in [-0.2, -0.15) is 5.26 Å². The Hall–Kier alpha value is -2.32. The van der Waals surface area contributed by atoms with Gasteiger partial charge in [-0.15, -0.1) is 0 Å². The molecule has 1 aromatic carbocycles. The highest BCUT2D eigenvalue weighted by molar-refractivity contribution is 5.60. The van der Waals surface area contributed by atoms with Crippen molar-refractivity contribution < 1.29 is 0 Å². The molecule has 1 heterocycles. The number of aryl methyl sites for hydroxylation is 1. The fourth-order valence-corrected chi connectivity index (χ4v) is 2.17. The molecule has 0 saturated heterocycles. The first-order valence-electron chi connectivity index (χ1n) is 6.50. The Bertz CT molecular complexity index is 623. The van der Waals surface area contributed by atoms with Crippen LogP contribution in [0.4, 0.5) is 5.69 Å². The summed E-state index contributed by atoms with van der Waals surface area (Å²) in [5.41, 5.74) is 2.73. The van der Waals surface area contributed by atoms with Crippen LogP contribution in [0.5, 0.6) is 0 Å². The van der Waals surface area contributed by atoms with E-state index in [1.165, 1.54) is 0 Å². The third-order valence-corrected chi connectivity index (χ3v) is 3.27. The number of hydrogen-bond donors (Lipinski definition) is 1. The minimum Gasteiger partial charge on any atom is -0.366 e. The quantitative estimate of drug-likeness (QED) is 0.896. The van der Waals surface area contributed by atoms with E-state index in [1.807, 2.05) is 55.0 Å². The smallest absolute Gasteiger partial charge is 0.127 e. The van der Waals surface area contributed by atoms with Gasteiger partial charge in [0.1, 0.15) is 11.9 Å². The Kier molecular flexibility index (Phi) is 4.38. The van der Waals surface area contributed by atoms with Gasteiger partial charge in [0.25, 0.3) is 0 Å². The second kappa shape index (κ2) is 6.22. The summed E-state index contributed by atoms with van der Waals surface area (Å²) in [5.74, 6) is 0.968. The van der Waals surface area contributed by atoms with Crippen molar-refractivity contribution in [2.45, 2.75) is 13.1 Å². The van der Waals surface area contributed by atoms with Crippen LogP contribution in [-0.4, -0.2) is 23.6 Å². The Balaban J connectivity index is 2.23. The van der Waals surface area contributed by atoms with Gasteiger partial charge in [0.15, 0.2) is 0 Å². The summed E-state index contributed by atoms with van der Waals surface area (Å²) in [6.45, 7) is 1.43. The first-order valence-corrected chi connectivity index (χ1v) is 6.50. The van der Waals surface area contributed by atoms with Crippen LogP contribution in [0.25, 0.3) is 0 Å². The predicted octanol–water partition coefficient (Wildman–Crippen LogP) is 1.65. The van der Waals surface area contributed by atoms with Crippen LogP contribution in [0.1, 0.15) is 17.0 Å². The van der Waals surface area contributed by atoms with Crippen molar-refractivity contribution in [3.63, 3.8) is 0 Å². The number of rotatable bonds is 5. The number of nitrogens with one attached hydrogen (secondary N) is 1. The zero-order chi connectivity index (χ0) is 14.5. The minimum absolute atomic E-state index is 0.670. The minimum atomic E-state index is 0.670. The molecule has 5 nitrogen and oxygen atoms in total. The summed E-state index contributed by atoms with van der Waals surface area (Å²) in [6.07, 6.45) is 3.70. The van der Waals surface area contributed by atoms with Crippen molar-refractivity contribution >= 4 is 5.69 Å². The van der Waals surface area contributed by atoms with Gasteiger partial charge < -0.3 is 14.8 Å². The fraction of sp³-hybridized carbons (Fsp3) is 0.333. The summed E-state index contributed by atoms with van der Waals surface area (Å²) >= 11 is 0. The number of benzene rings is 1. The molecule has 0 unspecified atom stereocenters. The van der Waals surface area contributed by atoms with Crippen LogP contribution < -0.4 is 10.2 Å². The number of nitrogens with zero attached hydrogens (tertiary/aromatic N) is 4. The molecular formula is C15H19N5. The highest BCUT2D eigenvalue weighted by Crippen LogP contribution is 2.21. The first kappa shape index (κ1) is 14.1. The topological polar surface area (TPSA) is 56.9 Å². The molecule has 0 amide bonds. The van der Waals surface area contributed by atoms with Gasteiger partial charge >= 0.3 is 0 Å². The maximum absolute atomic E-state index is 9.32. The van der Waals surface area contributed by atoms with E-state index in [0.29, 0.717) is 12.1 Å². The molecule has 0 aliphatic carbocycles. The van der Waals surface area contributed by atoms with Crippen LogP contribution in [0.2, 0.25) is 0 Å². The lowest BCUT2D eigenvalue weighted by Crippen LogP contribution is -2.20. The summed E-state index contributed by atoms with van der Waals surface area (Å²) in [6, 6.07) is 8.24. The first-order chi connectivity index (χ1) is 9.65. The van der Waals surface area contributed by atoms with Crippen LogP contribution >= 0.6 is 0 Å². The molecule has 0 radical (unpaired) electrons. The average Bonchev–Trinajstić information content (AvgIpc) is 2.84. The van der Waals surface area contributed by atoms with Gasteiger partial charge in [0, 0.05) is 33.0 Å². The molecule has 104 valence electrons. The Morgan fingerprint density at radius 1 is 1.45 bits per heavy atom. The molecule has 2 rings (SSSR count). The Labute approximate surface area is 119 Å². The lowest BCUT2D eigenvalue weighted by atomic mass is 10.1. The van der Waals surface area contributed by atoms with Crippen molar-refractivity contribution in [2.75, 3.05) is 19.0 Å². The zero-order valence-electron chi connectivity index (χ0n) is 12.1. The van der Waals surface area contributed by atoms with Crippen LogP contribution in [0.3, 0.4) is 0 Å². The van der Waals surface area contributed by atoms with Crippen LogP contribution in [0.15, 0.2) is 30.6 Å². The summed E-state index contributed by atoms with van der Waals surface area (Å²) in [4.78, 5) is 6.36. The van der Waals surface area contributed by atoms with E-state index < -0.39 is 0 Å². The van der Waals surface area contributed by atoms with Gasteiger partial charge in [0.2, 0.25) is 0 Å². The molecule has 0 atom stereocenters. The van der Waals surface area contributed by atoms with Gasteiger partial charge in [-0.25, -0.2) is 4.98 Å². The van der Waals surface area contributed by atoms with Crippen molar-refractivity contribution in [2.24, 2.45) is 7.05 Å². The lowest BCUT2D eigenvalue weighted by molar-refractivity contribution is 0.760. The fourth-order valence-electron chi connectivity index (χ4n) is 2.17. The van der Waals surface area contributed by atoms with Crippen molar-refractivity contribution in [3.05, 3.63) is 47.5 Å². The Morgan fingerprint density at radius 2 is 2.25 bits per heavy atom. The normalized spacial score (nSPS) is 10.3. The predicted molar refractivity (Wildman–Crippen MR) is 79.2 cm³/mol. The third kappa shape index (κ3) is 2.98. The maximum Gasteiger partial charge on any atom is 0.127 e. The number of nitriles is 1. The SMILES string of the molecule is CNCc1ccc(N(C)Cc2nccn2C)c(C#N)c1. The number of anilines is 1. The van der Waals surface area contributed by atoms with E-state index >= 15 is 0 Å². The largest absolute Gasteiger partial charge is 0.366 e. The van der Waals surface area contributed by atoms with Gasteiger partial charge in [-0.1, -0.05) is 6.07 Å². The summed E-state index contributed by atoms with van der Waals surface area (Å²) < 4.78 is 1.98. The summed E-state index contributed by atoms with van der Waals surface area (Å²) in [7, 11) is 5.84. The van der Waals surface area contributed by atoms with E-state index in [0.717, 1.165) is 23.6 Å². The molecule has 0 bridgehead atoms. The van der Waals surface area contributed by atoms with Crippen molar-refractivity contribution in [3.8, 4) is 6.07 Å². The number of aromatic nitrogens is 2. The van der Waals surface area contributed by atoms with Gasteiger partial charge in [-0.3, -0.25) is 0 Å². The molecule has 2 aromatic rings. The van der Waals surface area contributed by atoms with E-state index in [1.54, 1.807) is 6.20 Å². The molecule has 5 heteroatoms. The third-order valence-electron chi connectivity index (χ3n) is 3.27. The lowest BCUT2D eigenvalue weighted by Gasteiger charge is -2.20.